The average Bonchev–Trinajstić information content (AvgIpc) is 2.82. The summed E-state index contributed by atoms with van der Waals surface area (Å²) >= 11 is 0. The van der Waals surface area contributed by atoms with Gasteiger partial charge in [-0.2, -0.15) is 0 Å². The SMILES string of the molecule is CC(C)Cc1ccc(C(C)C2=NCCN2)cc1. The van der Waals surface area contributed by atoms with E-state index in [-0.39, 0.29) is 0 Å². The van der Waals surface area contributed by atoms with Gasteiger partial charge in [-0.1, -0.05) is 45.0 Å². The summed E-state index contributed by atoms with van der Waals surface area (Å²) in [5.74, 6) is 2.26. The molecule has 1 heterocycles. The molecule has 1 unspecified atom stereocenters. The van der Waals surface area contributed by atoms with E-state index in [0.29, 0.717) is 5.92 Å². The Morgan fingerprint density at radius 1 is 1.18 bits per heavy atom. The minimum atomic E-state index is 0.394. The molecule has 0 aromatic heterocycles. The molecule has 1 atom stereocenters. The van der Waals surface area contributed by atoms with Crippen molar-refractivity contribution in [3.8, 4) is 0 Å². The summed E-state index contributed by atoms with van der Waals surface area (Å²) in [7, 11) is 0. The van der Waals surface area contributed by atoms with Crippen LogP contribution in [0.2, 0.25) is 0 Å². The Balaban J connectivity index is 2.06. The van der Waals surface area contributed by atoms with Crippen LogP contribution in [0.25, 0.3) is 0 Å². The average molecular weight is 230 g/mol. The molecule has 1 aromatic rings. The third-order valence-corrected chi connectivity index (χ3v) is 3.23. The van der Waals surface area contributed by atoms with Crippen LogP contribution >= 0.6 is 0 Å². The van der Waals surface area contributed by atoms with Crippen molar-refractivity contribution in [1.82, 2.24) is 5.32 Å². The van der Waals surface area contributed by atoms with Crippen LogP contribution in [0.1, 0.15) is 37.8 Å². The summed E-state index contributed by atoms with van der Waals surface area (Å²) in [6.45, 7) is 8.65. The Hall–Kier alpha value is -1.31. The first-order valence-electron chi connectivity index (χ1n) is 6.54. The van der Waals surface area contributed by atoms with Crippen LogP contribution in [-0.2, 0) is 6.42 Å². The largest absolute Gasteiger partial charge is 0.371 e. The standard InChI is InChI=1S/C15H22N2/c1-11(2)10-13-4-6-14(7-5-13)12(3)15-16-8-9-17-15/h4-7,11-12H,8-10H2,1-3H3,(H,16,17). The fourth-order valence-electron chi connectivity index (χ4n) is 2.28. The minimum absolute atomic E-state index is 0.394. The molecule has 2 rings (SSSR count). The van der Waals surface area contributed by atoms with Crippen LogP contribution in [0.5, 0.6) is 0 Å². The number of amidine groups is 1. The Kier molecular flexibility index (Phi) is 3.82. The van der Waals surface area contributed by atoms with Crippen molar-refractivity contribution in [3.63, 3.8) is 0 Å². The molecule has 17 heavy (non-hydrogen) atoms. The lowest BCUT2D eigenvalue weighted by atomic mass is 9.96. The number of hydrogen-bond acceptors (Lipinski definition) is 2. The van der Waals surface area contributed by atoms with Gasteiger partial charge in [-0.3, -0.25) is 4.99 Å². The predicted octanol–water partition coefficient (Wildman–Crippen LogP) is 2.99. The molecule has 0 amide bonds. The summed E-state index contributed by atoms with van der Waals surface area (Å²) < 4.78 is 0. The van der Waals surface area contributed by atoms with Crippen LogP contribution in [0.15, 0.2) is 29.3 Å². The molecule has 1 aromatic carbocycles. The number of hydrogen-bond donors (Lipinski definition) is 1. The molecule has 0 fully saturated rings. The first-order chi connectivity index (χ1) is 8.16. The molecule has 0 bridgehead atoms. The second-order valence-electron chi connectivity index (χ2n) is 5.25. The van der Waals surface area contributed by atoms with Crippen molar-refractivity contribution in [2.24, 2.45) is 10.9 Å². The third kappa shape index (κ3) is 3.09. The molecular formula is C15H22N2. The van der Waals surface area contributed by atoms with Gasteiger partial charge in [-0.05, 0) is 23.5 Å². The highest BCUT2D eigenvalue weighted by Crippen LogP contribution is 2.19. The maximum atomic E-state index is 4.49. The number of benzene rings is 1. The van der Waals surface area contributed by atoms with E-state index in [2.05, 4.69) is 55.3 Å². The molecule has 2 heteroatoms. The zero-order valence-corrected chi connectivity index (χ0v) is 11.0. The van der Waals surface area contributed by atoms with Gasteiger partial charge in [-0.25, -0.2) is 0 Å². The predicted molar refractivity (Wildman–Crippen MR) is 73.7 cm³/mol. The zero-order valence-electron chi connectivity index (χ0n) is 11.0. The monoisotopic (exact) mass is 230 g/mol. The zero-order chi connectivity index (χ0) is 12.3. The van der Waals surface area contributed by atoms with E-state index in [1.54, 1.807) is 0 Å². The van der Waals surface area contributed by atoms with Crippen LogP contribution in [0.4, 0.5) is 0 Å². The summed E-state index contributed by atoms with van der Waals surface area (Å²) in [5, 5.41) is 3.35. The number of nitrogens with zero attached hydrogens (tertiary/aromatic N) is 1. The van der Waals surface area contributed by atoms with Crippen molar-refractivity contribution in [3.05, 3.63) is 35.4 Å². The molecular weight excluding hydrogens is 208 g/mol. The van der Waals surface area contributed by atoms with Crippen LogP contribution in [0.3, 0.4) is 0 Å². The molecule has 0 aliphatic carbocycles. The van der Waals surface area contributed by atoms with Crippen molar-refractivity contribution >= 4 is 5.84 Å². The number of rotatable bonds is 4. The molecule has 1 N–H and O–H groups in total. The molecule has 0 spiro atoms. The molecule has 0 saturated heterocycles. The van der Waals surface area contributed by atoms with Gasteiger partial charge >= 0.3 is 0 Å². The molecule has 2 nitrogen and oxygen atoms in total. The van der Waals surface area contributed by atoms with E-state index < -0.39 is 0 Å². The lowest BCUT2D eigenvalue weighted by Crippen LogP contribution is -2.23. The van der Waals surface area contributed by atoms with Gasteiger partial charge < -0.3 is 5.32 Å². The van der Waals surface area contributed by atoms with Crippen LogP contribution in [0, 0.1) is 5.92 Å². The van der Waals surface area contributed by atoms with E-state index in [4.69, 9.17) is 0 Å². The number of nitrogens with one attached hydrogen (secondary N) is 1. The topological polar surface area (TPSA) is 24.4 Å². The Morgan fingerprint density at radius 2 is 1.88 bits per heavy atom. The van der Waals surface area contributed by atoms with Gasteiger partial charge in [0.2, 0.25) is 0 Å². The lowest BCUT2D eigenvalue weighted by molar-refractivity contribution is 0.647. The first-order valence-corrected chi connectivity index (χ1v) is 6.54. The van der Waals surface area contributed by atoms with Gasteiger partial charge in [-0.15, -0.1) is 0 Å². The molecule has 1 aliphatic rings. The van der Waals surface area contributed by atoms with Gasteiger partial charge in [0, 0.05) is 12.5 Å². The Labute approximate surface area is 104 Å². The van der Waals surface area contributed by atoms with Crippen LogP contribution in [-0.4, -0.2) is 18.9 Å². The van der Waals surface area contributed by atoms with Gasteiger partial charge in [0.1, 0.15) is 5.84 Å². The Bertz CT molecular complexity index is 390. The quantitative estimate of drug-likeness (QED) is 0.845. The normalized spacial score (nSPS) is 16.8. The van der Waals surface area contributed by atoms with Crippen LogP contribution < -0.4 is 5.32 Å². The second-order valence-corrected chi connectivity index (χ2v) is 5.25. The summed E-state index contributed by atoms with van der Waals surface area (Å²) in [4.78, 5) is 4.49. The number of aliphatic imine (C=N–C) groups is 1. The highest BCUT2D eigenvalue weighted by Gasteiger charge is 2.15. The highest BCUT2D eigenvalue weighted by atomic mass is 15.1. The summed E-state index contributed by atoms with van der Waals surface area (Å²) in [5.41, 5.74) is 2.78. The van der Waals surface area contributed by atoms with Crippen molar-refractivity contribution in [2.75, 3.05) is 13.1 Å². The summed E-state index contributed by atoms with van der Waals surface area (Å²) in [6.07, 6.45) is 1.16. The van der Waals surface area contributed by atoms with Crippen molar-refractivity contribution < 1.29 is 0 Å². The third-order valence-electron chi connectivity index (χ3n) is 3.23. The Morgan fingerprint density at radius 3 is 2.41 bits per heavy atom. The van der Waals surface area contributed by atoms with Crippen molar-refractivity contribution in [1.29, 1.82) is 0 Å². The van der Waals surface area contributed by atoms with E-state index in [1.165, 1.54) is 11.1 Å². The highest BCUT2D eigenvalue weighted by molar-refractivity contribution is 5.89. The first kappa shape index (κ1) is 12.2. The smallest absolute Gasteiger partial charge is 0.104 e. The van der Waals surface area contributed by atoms with E-state index in [1.807, 2.05) is 0 Å². The van der Waals surface area contributed by atoms with Gasteiger partial charge in [0.15, 0.2) is 0 Å². The maximum Gasteiger partial charge on any atom is 0.104 e. The van der Waals surface area contributed by atoms with Crippen molar-refractivity contribution in [2.45, 2.75) is 33.1 Å². The molecule has 0 radical (unpaired) electrons. The fourth-order valence-corrected chi connectivity index (χ4v) is 2.28. The fraction of sp³-hybridized carbons (Fsp3) is 0.533. The maximum absolute atomic E-state index is 4.49. The van der Waals surface area contributed by atoms with Gasteiger partial charge in [0.25, 0.3) is 0 Å². The molecule has 0 saturated carbocycles. The molecule has 92 valence electrons. The minimum Gasteiger partial charge on any atom is -0.371 e. The lowest BCUT2D eigenvalue weighted by Gasteiger charge is -2.13. The molecule has 1 aliphatic heterocycles. The summed E-state index contributed by atoms with van der Waals surface area (Å²) in [6, 6.07) is 8.98. The second kappa shape index (κ2) is 5.35. The van der Waals surface area contributed by atoms with E-state index in [9.17, 15) is 0 Å². The van der Waals surface area contributed by atoms with E-state index in [0.717, 1.165) is 31.3 Å². The van der Waals surface area contributed by atoms with Gasteiger partial charge in [0.05, 0.1) is 6.54 Å². The van der Waals surface area contributed by atoms with E-state index >= 15 is 0 Å².